The highest BCUT2D eigenvalue weighted by atomic mass is 127. The molecular formula is C10H16INO2. The van der Waals surface area contributed by atoms with E-state index in [-0.39, 0.29) is 9.89 Å². The van der Waals surface area contributed by atoms with Gasteiger partial charge in [0.1, 0.15) is 9.53 Å². The number of rotatable bonds is 3. The number of carbonyl (C=O) groups is 1. The Kier molecular flexibility index (Phi) is 4.37. The van der Waals surface area contributed by atoms with E-state index in [1.807, 2.05) is 6.92 Å². The fourth-order valence-electron chi connectivity index (χ4n) is 1.48. The Hall–Kier alpha value is -0.100. The minimum Gasteiger partial charge on any atom is -0.454 e. The number of piperidine rings is 1. The molecule has 0 spiro atoms. The van der Waals surface area contributed by atoms with Crippen LogP contribution < -0.4 is 5.32 Å². The Bertz CT molecular complexity index is 222. The fraction of sp³-hybridized carbons (Fsp3) is 0.700. The maximum Gasteiger partial charge on any atom is 0.319 e. The monoisotopic (exact) mass is 309 g/mol. The first kappa shape index (κ1) is 12.0. The summed E-state index contributed by atoms with van der Waals surface area (Å²) < 4.78 is 5.39. The smallest absolute Gasteiger partial charge is 0.319 e. The predicted molar refractivity (Wildman–Crippen MR) is 64.6 cm³/mol. The van der Waals surface area contributed by atoms with Crippen molar-refractivity contribution in [1.82, 2.24) is 5.32 Å². The van der Waals surface area contributed by atoms with Crippen LogP contribution in [0.1, 0.15) is 19.8 Å². The number of alkyl halides is 1. The lowest BCUT2D eigenvalue weighted by atomic mass is 9.92. The van der Waals surface area contributed by atoms with Crippen LogP contribution in [0.25, 0.3) is 0 Å². The van der Waals surface area contributed by atoms with E-state index in [0.717, 1.165) is 25.9 Å². The molecule has 1 unspecified atom stereocenters. The summed E-state index contributed by atoms with van der Waals surface area (Å²) >= 11 is 2.06. The van der Waals surface area contributed by atoms with Gasteiger partial charge in [-0.1, -0.05) is 29.2 Å². The summed E-state index contributed by atoms with van der Waals surface area (Å²) in [4.78, 5) is 11.5. The average Bonchev–Trinajstić information content (AvgIpc) is 2.19. The third-order valence-corrected chi connectivity index (χ3v) is 2.96. The van der Waals surface area contributed by atoms with E-state index in [1.54, 1.807) is 6.08 Å². The average molecular weight is 309 g/mol. The summed E-state index contributed by atoms with van der Waals surface area (Å²) in [5.74, 6) is -0.146. The predicted octanol–water partition coefficient (Wildman–Crippen LogP) is 1.66. The Balaban J connectivity index is 2.60. The maximum absolute atomic E-state index is 11.5. The zero-order chi connectivity index (χ0) is 10.6. The van der Waals surface area contributed by atoms with Crippen molar-refractivity contribution in [3.8, 4) is 0 Å². The van der Waals surface area contributed by atoms with Gasteiger partial charge in [0.05, 0.1) is 0 Å². The number of esters is 1. The van der Waals surface area contributed by atoms with Gasteiger partial charge in [-0.25, -0.2) is 0 Å². The van der Waals surface area contributed by atoms with Crippen molar-refractivity contribution >= 4 is 28.6 Å². The van der Waals surface area contributed by atoms with E-state index in [0.29, 0.717) is 0 Å². The first-order chi connectivity index (χ1) is 6.59. The van der Waals surface area contributed by atoms with Gasteiger partial charge in [-0.3, -0.25) is 4.79 Å². The molecule has 1 aliphatic heterocycles. The molecule has 80 valence electrons. The molecule has 0 saturated carbocycles. The molecule has 0 aromatic carbocycles. The van der Waals surface area contributed by atoms with Gasteiger partial charge < -0.3 is 10.1 Å². The van der Waals surface area contributed by atoms with Gasteiger partial charge in [0.15, 0.2) is 0 Å². The minimum absolute atomic E-state index is 0.0979. The van der Waals surface area contributed by atoms with Crippen LogP contribution in [0.2, 0.25) is 0 Å². The van der Waals surface area contributed by atoms with Crippen LogP contribution in [0.3, 0.4) is 0 Å². The normalized spacial score (nSPS) is 22.4. The van der Waals surface area contributed by atoms with Gasteiger partial charge >= 0.3 is 5.97 Å². The highest BCUT2D eigenvalue weighted by molar-refractivity contribution is 14.1. The molecule has 14 heavy (non-hydrogen) atoms. The topological polar surface area (TPSA) is 38.3 Å². The Morgan fingerprint density at radius 2 is 2.21 bits per heavy atom. The van der Waals surface area contributed by atoms with Crippen LogP contribution in [0.15, 0.2) is 12.7 Å². The van der Waals surface area contributed by atoms with Gasteiger partial charge in [-0.05, 0) is 26.1 Å². The molecule has 0 aromatic rings. The highest BCUT2D eigenvalue weighted by Crippen LogP contribution is 2.25. The summed E-state index contributed by atoms with van der Waals surface area (Å²) in [5, 5.41) is 3.24. The van der Waals surface area contributed by atoms with Crippen LogP contribution in [0.4, 0.5) is 0 Å². The van der Waals surface area contributed by atoms with Crippen LogP contribution in [0.5, 0.6) is 0 Å². The van der Waals surface area contributed by atoms with Gasteiger partial charge in [-0.2, -0.15) is 0 Å². The number of halogens is 1. The van der Waals surface area contributed by atoms with Crippen molar-refractivity contribution in [2.45, 2.75) is 29.3 Å². The number of nitrogens with one attached hydrogen (secondary N) is 1. The molecule has 1 aliphatic rings. The zero-order valence-electron chi connectivity index (χ0n) is 8.38. The van der Waals surface area contributed by atoms with Gasteiger partial charge in [0.2, 0.25) is 0 Å². The molecule has 4 heteroatoms. The summed E-state index contributed by atoms with van der Waals surface area (Å²) in [6.07, 6.45) is 3.42. The molecular weight excluding hydrogens is 293 g/mol. The van der Waals surface area contributed by atoms with E-state index >= 15 is 0 Å². The first-order valence-corrected chi connectivity index (χ1v) is 6.05. The van der Waals surface area contributed by atoms with Crippen molar-refractivity contribution in [2.24, 2.45) is 0 Å². The second kappa shape index (κ2) is 5.11. The van der Waals surface area contributed by atoms with E-state index in [1.165, 1.54) is 0 Å². The summed E-state index contributed by atoms with van der Waals surface area (Å²) in [6, 6.07) is 0. The summed E-state index contributed by atoms with van der Waals surface area (Å²) in [7, 11) is 0. The van der Waals surface area contributed by atoms with Crippen molar-refractivity contribution in [3.63, 3.8) is 0 Å². The molecule has 3 nitrogen and oxygen atoms in total. The Morgan fingerprint density at radius 3 is 2.64 bits per heavy atom. The number of ether oxygens (including phenoxy) is 1. The summed E-state index contributed by atoms with van der Waals surface area (Å²) in [5.41, 5.74) is -0.429. The van der Waals surface area contributed by atoms with Gasteiger partial charge in [-0.15, -0.1) is 0 Å². The molecule has 1 fully saturated rings. The van der Waals surface area contributed by atoms with Crippen molar-refractivity contribution in [2.75, 3.05) is 13.1 Å². The number of carbonyl (C=O) groups excluding carboxylic acids is 1. The van der Waals surface area contributed by atoms with E-state index < -0.39 is 5.60 Å². The second-order valence-electron chi connectivity index (χ2n) is 3.56. The molecule has 1 heterocycles. The van der Waals surface area contributed by atoms with Gasteiger partial charge in [0, 0.05) is 12.8 Å². The lowest BCUT2D eigenvalue weighted by Gasteiger charge is -2.34. The standard InChI is InChI=1S/C10H16INO2/c1-3-10(4-6-12-7-5-10)14-9(13)8(2)11/h3,8,12H,1,4-7H2,2H3. The maximum atomic E-state index is 11.5. The molecule has 1 saturated heterocycles. The zero-order valence-corrected chi connectivity index (χ0v) is 10.5. The quantitative estimate of drug-likeness (QED) is 0.373. The van der Waals surface area contributed by atoms with Crippen molar-refractivity contribution in [1.29, 1.82) is 0 Å². The van der Waals surface area contributed by atoms with E-state index in [4.69, 9.17) is 4.74 Å². The molecule has 0 aromatic heterocycles. The molecule has 0 aliphatic carbocycles. The lowest BCUT2D eigenvalue weighted by molar-refractivity contribution is -0.155. The largest absolute Gasteiger partial charge is 0.454 e. The van der Waals surface area contributed by atoms with Crippen molar-refractivity contribution < 1.29 is 9.53 Å². The molecule has 0 amide bonds. The Labute approximate surface area is 98.4 Å². The fourth-order valence-corrected chi connectivity index (χ4v) is 1.61. The third-order valence-electron chi connectivity index (χ3n) is 2.45. The van der Waals surface area contributed by atoms with Crippen LogP contribution in [-0.2, 0) is 9.53 Å². The van der Waals surface area contributed by atoms with E-state index in [2.05, 4.69) is 34.5 Å². The van der Waals surface area contributed by atoms with Crippen LogP contribution >= 0.6 is 22.6 Å². The minimum atomic E-state index is -0.429. The first-order valence-electron chi connectivity index (χ1n) is 4.81. The molecule has 1 atom stereocenters. The van der Waals surface area contributed by atoms with Crippen LogP contribution in [0, 0.1) is 0 Å². The Morgan fingerprint density at radius 1 is 1.64 bits per heavy atom. The van der Waals surface area contributed by atoms with E-state index in [9.17, 15) is 4.79 Å². The number of hydrogen-bond donors (Lipinski definition) is 1. The molecule has 1 N–H and O–H groups in total. The third kappa shape index (κ3) is 2.95. The SMILES string of the molecule is C=CC1(OC(=O)C(C)I)CCNCC1. The van der Waals surface area contributed by atoms with Crippen LogP contribution in [-0.4, -0.2) is 28.6 Å². The molecule has 1 rings (SSSR count). The number of hydrogen-bond acceptors (Lipinski definition) is 3. The van der Waals surface area contributed by atoms with Crippen molar-refractivity contribution in [3.05, 3.63) is 12.7 Å². The second-order valence-corrected chi connectivity index (χ2v) is 5.42. The molecule has 0 radical (unpaired) electrons. The van der Waals surface area contributed by atoms with Gasteiger partial charge in [0.25, 0.3) is 0 Å². The lowest BCUT2D eigenvalue weighted by Crippen LogP contribution is -2.44. The highest BCUT2D eigenvalue weighted by Gasteiger charge is 2.33. The summed E-state index contributed by atoms with van der Waals surface area (Å²) in [6.45, 7) is 7.36. The molecule has 0 bridgehead atoms.